The fraction of sp³-hybridized carbons (Fsp3) is 0.857. The molecule has 1 aliphatic rings. The molecule has 6 heteroatoms. The molecule has 1 saturated heterocycles. The number of carbonyl (C=O) groups is 2. The highest BCUT2D eigenvalue weighted by molar-refractivity contribution is 5.74. The van der Waals surface area contributed by atoms with Crippen LogP contribution in [0, 0.1) is 5.92 Å². The molecule has 0 saturated carbocycles. The summed E-state index contributed by atoms with van der Waals surface area (Å²) in [5, 5.41) is 11.8. The largest absolute Gasteiger partial charge is 0.481 e. The molecule has 20 heavy (non-hydrogen) atoms. The Bertz CT molecular complexity index is 326. The number of carboxylic acid groups (broad SMARTS) is 1. The van der Waals surface area contributed by atoms with Crippen molar-refractivity contribution in [1.29, 1.82) is 0 Å². The molecular formula is C14H27N3O3. The molecule has 6 nitrogen and oxygen atoms in total. The van der Waals surface area contributed by atoms with E-state index >= 15 is 0 Å². The van der Waals surface area contributed by atoms with Crippen LogP contribution in [-0.2, 0) is 4.79 Å². The molecule has 1 fully saturated rings. The fourth-order valence-electron chi connectivity index (χ4n) is 2.41. The lowest BCUT2D eigenvalue weighted by atomic mass is 9.94. The summed E-state index contributed by atoms with van der Waals surface area (Å²) in [5.41, 5.74) is 0. The van der Waals surface area contributed by atoms with Crippen molar-refractivity contribution >= 4 is 12.0 Å². The summed E-state index contributed by atoms with van der Waals surface area (Å²) >= 11 is 0. The highest BCUT2D eigenvalue weighted by atomic mass is 16.4. The van der Waals surface area contributed by atoms with Gasteiger partial charge in [-0.1, -0.05) is 0 Å². The maximum Gasteiger partial charge on any atom is 0.317 e. The predicted molar refractivity (Wildman–Crippen MR) is 77.7 cm³/mol. The molecule has 1 aliphatic heterocycles. The van der Waals surface area contributed by atoms with Crippen LogP contribution in [0.4, 0.5) is 4.79 Å². The van der Waals surface area contributed by atoms with Crippen LogP contribution in [0.3, 0.4) is 0 Å². The Morgan fingerprint density at radius 2 is 1.95 bits per heavy atom. The Morgan fingerprint density at radius 1 is 1.35 bits per heavy atom. The number of aliphatic carboxylic acids is 1. The van der Waals surface area contributed by atoms with Crippen molar-refractivity contribution in [2.24, 2.45) is 5.92 Å². The van der Waals surface area contributed by atoms with Crippen LogP contribution in [0.1, 0.15) is 32.6 Å². The monoisotopic (exact) mass is 285 g/mol. The van der Waals surface area contributed by atoms with Crippen molar-refractivity contribution in [3.05, 3.63) is 0 Å². The van der Waals surface area contributed by atoms with Crippen LogP contribution in [0.25, 0.3) is 0 Å². The van der Waals surface area contributed by atoms with Gasteiger partial charge in [0.25, 0.3) is 0 Å². The van der Waals surface area contributed by atoms with E-state index in [9.17, 15) is 9.59 Å². The molecule has 2 amide bonds. The van der Waals surface area contributed by atoms with E-state index in [0.29, 0.717) is 13.1 Å². The van der Waals surface area contributed by atoms with E-state index in [1.165, 1.54) is 0 Å². The van der Waals surface area contributed by atoms with Crippen molar-refractivity contribution in [1.82, 2.24) is 15.1 Å². The third-order valence-corrected chi connectivity index (χ3v) is 3.74. The zero-order chi connectivity index (χ0) is 15.1. The van der Waals surface area contributed by atoms with Crippen molar-refractivity contribution in [2.45, 2.75) is 38.6 Å². The Hall–Kier alpha value is -1.30. The number of carbonyl (C=O) groups excluding carboxylic acids is 1. The second-order valence-electron chi connectivity index (χ2n) is 5.97. The second kappa shape index (κ2) is 8.09. The van der Waals surface area contributed by atoms with Crippen LogP contribution < -0.4 is 5.32 Å². The SMILES string of the molecule is CC(CCN(C)C)NC(=O)N1CCC(CC(=O)O)CC1. The maximum atomic E-state index is 12.1. The molecule has 0 bridgehead atoms. The van der Waals surface area contributed by atoms with Gasteiger partial charge in [-0.05, 0) is 52.7 Å². The third kappa shape index (κ3) is 6.23. The maximum absolute atomic E-state index is 12.1. The molecule has 2 N–H and O–H groups in total. The Morgan fingerprint density at radius 3 is 2.45 bits per heavy atom. The first-order valence-electron chi connectivity index (χ1n) is 7.30. The Kier molecular flexibility index (Phi) is 6.78. The number of hydrogen-bond donors (Lipinski definition) is 2. The number of hydrogen-bond acceptors (Lipinski definition) is 3. The number of likely N-dealkylation sites (tertiary alicyclic amines) is 1. The zero-order valence-corrected chi connectivity index (χ0v) is 12.8. The minimum absolute atomic E-state index is 0.0231. The molecule has 0 aliphatic carbocycles. The van der Waals surface area contributed by atoms with Gasteiger partial charge in [0.1, 0.15) is 0 Å². The number of rotatable bonds is 6. The van der Waals surface area contributed by atoms with E-state index in [0.717, 1.165) is 25.8 Å². The number of nitrogens with zero attached hydrogens (tertiary/aromatic N) is 2. The lowest BCUT2D eigenvalue weighted by Crippen LogP contribution is -2.47. The van der Waals surface area contributed by atoms with E-state index in [4.69, 9.17) is 5.11 Å². The Labute approximate surface area is 121 Å². The van der Waals surface area contributed by atoms with Crippen molar-refractivity contribution in [3.8, 4) is 0 Å². The third-order valence-electron chi connectivity index (χ3n) is 3.74. The number of amides is 2. The van der Waals surface area contributed by atoms with Gasteiger partial charge in [-0.2, -0.15) is 0 Å². The van der Waals surface area contributed by atoms with Gasteiger partial charge in [-0.25, -0.2) is 4.79 Å². The molecule has 1 atom stereocenters. The van der Waals surface area contributed by atoms with Gasteiger partial charge in [0.15, 0.2) is 0 Å². The fourth-order valence-corrected chi connectivity index (χ4v) is 2.41. The summed E-state index contributed by atoms with van der Waals surface area (Å²) in [6.07, 6.45) is 2.71. The van der Waals surface area contributed by atoms with Gasteiger partial charge in [0, 0.05) is 25.6 Å². The van der Waals surface area contributed by atoms with Crippen LogP contribution in [0.5, 0.6) is 0 Å². The van der Waals surface area contributed by atoms with Crippen molar-refractivity contribution in [3.63, 3.8) is 0 Å². The van der Waals surface area contributed by atoms with Gasteiger partial charge >= 0.3 is 12.0 Å². The summed E-state index contributed by atoms with van der Waals surface area (Å²) in [6.45, 7) is 4.27. The van der Waals surface area contributed by atoms with E-state index in [2.05, 4.69) is 10.2 Å². The molecule has 0 aromatic heterocycles. The molecule has 0 radical (unpaired) electrons. The Balaban J connectivity index is 2.26. The van der Waals surface area contributed by atoms with Gasteiger partial charge in [-0.3, -0.25) is 4.79 Å². The summed E-state index contributed by atoms with van der Waals surface area (Å²) in [4.78, 5) is 26.6. The van der Waals surface area contributed by atoms with Gasteiger partial charge in [0.2, 0.25) is 0 Å². The molecule has 1 rings (SSSR count). The first kappa shape index (κ1) is 16.8. The first-order valence-corrected chi connectivity index (χ1v) is 7.30. The minimum atomic E-state index is -0.745. The smallest absolute Gasteiger partial charge is 0.317 e. The highest BCUT2D eigenvalue weighted by Gasteiger charge is 2.24. The van der Waals surface area contributed by atoms with E-state index in [-0.39, 0.29) is 24.4 Å². The van der Waals surface area contributed by atoms with Crippen LogP contribution in [0.15, 0.2) is 0 Å². The average Bonchev–Trinajstić information content (AvgIpc) is 2.36. The molecule has 0 spiro atoms. The lowest BCUT2D eigenvalue weighted by molar-refractivity contribution is -0.138. The van der Waals surface area contributed by atoms with Crippen molar-refractivity contribution < 1.29 is 14.7 Å². The van der Waals surface area contributed by atoms with Crippen LogP contribution in [0.2, 0.25) is 0 Å². The van der Waals surface area contributed by atoms with E-state index < -0.39 is 5.97 Å². The minimum Gasteiger partial charge on any atom is -0.481 e. The normalized spacial score (nSPS) is 18.1. The number of nitrogens with one attached hydrogen (secondary N) is 1. The van der Waals surface area contributed by atoms with Gasteiger partial charge < -0.3 is 20.2 Å². The summed E-state index contributed by atoms with van der Waals surface area (Å²) in [5.74, 6) is -0.534. The molecule has 116 valence electrons. The van der Waals surface area contributed by atoms with Crippen LogP contribution in [-0.4, -0.2) is 66.7 Å². The molecule has 0 aromatic rings. The number of urea groups is 1. The quantitative estimate of drug-likeness (QED) is 0.769. The standard InChI is InChI=1S/C14H27N3O3/c1-11(4-7-16(2)3)15-14(20)17-8-5-12(6-9-17)10-13(18)19/h11-12H,4-10H2,1-3H3,(H,15,20)(H,18,19). The van der Waals surface area contributed by atoms with Crippen molar-refractivity contribution in [2.75, 3.05) is 33.7 Å². The second-order valence-corrected chi connectivity index (χ2v) is 5.97. The lowest BCUT2D eigenvalue weighted by Gasteiger charge is -2.32. The molecule has 1 heterocycles. The van der Waals surface area contributed by atoms with Gasteiger partial charge in [0.05, 0.1) is 0 Å². The van der Waals surface area contributed by atoms with E-state index in [1.54, 1.807) is 4.90 Å². The van der Waals surface area contributed by atoms with E-state index in [1.807, 2.05) is 21.0 Å². The summed E-state index contributed by atoms with van der Waals surface area (Å²) in [6, 6.07) is 0.131. The highest BCUT2D eigenvalue weighted by Crippen LogP contribution is 2.20. The molecule has 1 unspecified atom stereocenters. The predicted octanol–water partition coefficient (Wildman–Crippen LogP) is 1.22. The first-order chi connectivity index (χ1) is 9.38. The number of carboxylic acids is 1. The summed E-state index contributed by atoms with van der Waals surface area (Å²) in [7, 11) is 4.03. The number of piperidine rings is 1. The topological polar surface area (TPSA) is 72.9 Å². The van der Waals surface area contributed by atoms with Gasteiger partial charge in [-0.15, -0.1) is 0 Å². The zero-order valence-electron chi connectivity index (χ0n) is 12.8. The molecule has 0 aromatic carbocycles. The summed E-state index contributed by atoms with van der Waals surface area (Å²) < 4.78 is 0. The molecular weight excluding hydrogens is 258 g/mol. The van der Waals surface area contributed by atoms with Crippen LogP contribution >= 0.6 is 0 Å². The average molecular weight is 285 g/mol.